The second kappa shape index (κ2) is 5.58. The van der Waals surface area contributed by atoms with Gasteiger partial charge in [-0.05, 0) is 24.3 Å². The van der Waals surface area contributed by atoms with Crippen molar-refractivity contribution in [3.05, 3.63) is 53.6 Å². The van der Waals surface area contributed by atoms with Crippen LogP contribution in [0, 0.1) is 0 Å². The number of carbonyl (C=O) groups excluding carboxylic acids is 1. The number of phenolic OH excluding ortho intramolecular Hbond substituents is 2. The van der Waals surface area contributed by atoms with Crippen LogP contribution in [0.3, 0.4) is 0 Å². The van der Waals surface area contributed by atoms with Crippen molar-refractivity contribution in [2.75, 3.05) is 5.32 Å². The van der Waals surface area contributed by atoms with Gasteiger partial charge >= 0.3 is 0 Å². The predicted molar refractivity (Wildman–Crippen MR) is 80.1 cm³/mol. The molecule has 2 aromatic carbocycles. The van der Waals surface area contributed by atoms with Crippen molar-refractivity contribution < 1.29 is 15.0 Å². The summed E-state index contributed by atoms with van der Waals surface area (Å²) < 4.78 is 0. The van der Waals surface area contributed by atoms with Gasteiger partial charge in [-0.25, -0.2) is 0 Å². The average molecular weight is 288 g/mol. The van der Waals surface area contributed by atoms with Crippen molar-refractivity contribution in [3.8, 4) is 11.5 Å². The van der Waals surface area contributed by atoms with Crippen LogP contribution in [0.15, 0.2) is 42.5 Å². The molecule has 1 amide bonds. The summed E-state index contributed by atoms with van der Waals surface area (Å²) in [5.74, 6) is -1.27. The maximum absolute atomic E-state index is 12.1. The van der Waals surface area contributed by atoms with Crippen LogP contribution in [0.5, 0.6) is 11.5 Å². The molecule has 0 spiro atoms. The first-order valence-corrected chi connectivity index (χ1v) is 6.12. The highest BCUT2D eigenvalue weighted by Gasteiger charge is 2.17. The average Bonchev–Trinajstić information content (AvgIpc) is 2.38. The van der Waals surface area contributed by atoms with Gasteiger partial charge in [0.1, 0.15) is 22.1 Å². The maximum Gasteiger partial charge on any atom is 0.263 e. The van der Waals surface area contributed by atoms with Gasteiger partial charge in [0.05, 0.1) is 5.69 Å². The van der Waals surface area contributed by atoms with E-state index in [1.807, 2.05) is 0 Å². The third kappa shape index (κ3) is 2.70. The van der Waals surface area contributed by atoms with E-state index in [0.29, 0.717) is 11.3 Å². The lowest BCUT2D eigenvalue weighted by molar-refractivity contribution is 0.102. The lowest BCUT2D eigenvalue weighted by Crippen LogP contribution is -2.17. The Morgan fingerprint density at radius 1 is 1.05 bits per heavy atom. The van der Waals surface area contributed by atoms with Crippen LogP contribution in [0.25, 0.3) is 0 Å². The van der Waals surface area contributed by atoms with Gasteiger partial charge in [-0.1, -0.05) is 30.4 Å². The van der Waals surface area contributed by atoms with E-state index in [1.165, 1.54) is 18.2 Å². The lowest BCUT2D eigenvalue weighted by atomic mass is 10.1. The van der Waals surface area contributed by atoms with Crippen LogP contribution in [-0.2, 0) is 0 Å². The predicted octanol–water partition coefficient (Wildman–Crippen LogP) is 1.98. The standard InChI is InChI=1S/C14H12N2O3S/c15-13(20)8-4-1-2-5-9(8)16-14(19)12-10(17)6-3-7-11(12)18/h1-7,17-18H,(H2,15,20)(H,16,19). The SMILES string of the molecule is NC(=S)c1ccccc1NC(=O)c1c(O)cccc1O. The minimum absolute atomic E-state index is 0.141. The second-order valence-corrected chi connectivity index (χ2v) is 4.48. The molecule has 5 N–H and O–H groups in total. The third-order valence-electron chi connectivity index (χ3n) is 2.69. The minimum Gasteiger partial charge on any atom is -0.507 e. The number of phenols is 2. The van der Waals surface area contributed by atoms with E-state index < -0.39 is 5.91 Å². The maximum atomic E-state index is 12.1. The van der Waals surface area contributed by atoms with E-state index in [-0.39, 0.29) is 22.1 Å². The first kappa shape index (κ1) is 13.8. The number of anilines is 1. The molecule has 0 aliphatic carbocycles. The number of rotatable bonds is 3. The smallest absolute Gasteiger partial charge is 0.263 e. The van der Waals surface area contributed by atoms with Crippen LogP contribution in [0.4, 0.5) is 5.69 Å². The van der Waals surface area contributed by atoms with Gasteiger partial charge in [0, 0.05) is 5.56 Å². The molecule has 6 heteroatoms. The summed E-state index contributed by atoms with van der Waals surface area (Å²) in [5.41, 5.74) is 6.28. The highest BCUT2D eigenvalue weighted by molar-refractivity contribution is 7.80. The number of hydrogen-bond donors (Lipinski definition) is 4. The molecule has 0 aliphatic heterocycles. The number of hydrogen-bond acceptors (Lipinski definition) is 4. The highest BCUT2D eigenvalue weighted by Crippen LogP contribution is 2.27. The first-order valence-electron chi connectivity index (χ1n) is 5.72. The molecule has 20 heavy (non-hydrogen) atoms. The molecule has 102 valence electrons. The number of benzene rings is 2. The molecule has 0 saturated carbocycles. The number of amides is 1. The summed E-state index contributed by atoms with van der Waals surface area (Å²) >= 11 is 4.90. The summed E-state index contributed by atoms with van der Waals surface area (Å²) in [6.45, 7) is 0. The second-order valence-electron chi connectivity index (χ2n) is 4.04. The van der Waals surface area contributed by atoms with Crippen LogP contribution in [0.2, 0.25) is 0 Å². The molecular formula is C14H12N2O3S. The van der Waals surface area contributed by atoms with Gasteiger partial charge < -0.3 is 21.3 Å². The van der Waals surface area contributed by atoms with Gasteiger partial charge in [-0.2, -0.15) is 0 Å². The van der Waals surface area contributed by atoms with Gasteiger partial charge in [0.2, 0.25) is 0 Å². The number of nitrogens with one attached hydrogen (secondary N) is 1. The summed E-state index contributed by atoms with van der Waals surface area (Å²) in [5, 5.41) is 21.9. The topological polar surface area (TPSA) is 95.6 Å². The summed E-state index contributed by atoms with van der Waals surface area (Å²) in [4.78, 5) is 12.3. The molecule has 0 saturated heterocycles. The Hall–Kier alpha value is -2.60. The first-order chi connectivity index (χ1) is 9.50. The number of nitrogens with two attached hydrogens (primary N) is 1. The molecule has 0 fully saturated rings. The summed E-state index contributed by atoms with van der Waals surface area (Å²) in [6.07, 6.45) is 0. The molecule has 0 atom stereocenters. The van der Waals surface area contributed by atoms with Crippen molar-refractivity contribution in [2.24, 2.45) is 5.73 Å². The van der Waals surface area contributed by atoms with E-state index in [2.05, 4.69) is 5.32 Å². The fourth-order valence-electron chi connectivity index (χ4n) is 1.75. The quantitative estimate of drug-likeness (QED) is 0.648. The minimum atomic E-state index is -0.649. The Bertz CT molecular complexity index is 666. The van der Waals surface area contributed by atoms with Crippen LogP contribution in [0.1, 0.15) is 15.9 Å². The molecule has 2 rings (SSSR count). The zero-order valence-electron chi connectivity index (χ0n) is 10.3. The Morgan fingerprint density at radius 3 is 2.25 bits per heavy atom. The van der Waals surface area contributed by atoms with Crippen LogP contribution < -0.4 is 11.1 Å². The van der Waals surface area contributed by atoms with Crippen molar-refractivity contribution >= 4 is 28.8 Å². The molecule has 0 unspecified atom stereocenters. The Balaban J connectivity index is 2.36. The summed E-state index contributed by atoms with van der Waals surface area (Å²) in [7, 11) is 0. The molecule has 2 aromatic rings. The third-order valence-corrected chi connectivity index (χ3v) is 2.91. The normalized spacial score (nSPS) is 10.0. The van der Waals surface area contributed by atoms with Gasteiger partial charge in [-0.15, -0.1) is 0 Å². The van der Waals surface area contributed by atoms with Crippen molar-refractivity contribution in [1.29, 1.82) is 0 Å². The van der Waals surface area contributed by atoms with Crippen LogP contribution >= 0.6 is 12.2 Å². The fraction of sp³-hybridized carbons (Fsp3) is 0. The Morgan fingerprint density at radius 2 is 1.65 bits per heavy atom. The Kier molecular flexibility index (Phi) is 3.86. The molecule has 0 heterocycles. The van der Waals surface area contributed by atoms with E-state index >= 15 is 0 Å². The molecular weight excluding hydrogens is 276 g/mol. The highest BCUT2D eigenvalue weighted by atomic mass is 32.1. The van der Waals surface area contributed by atoms with Gasteiger partial charge in [-0.3, -0.25) is 4.79 Å². The fourth-order valence-corrected chi connectivity index (χ4v) is 1.93. The molecule has 0 aromatic heterocycles. The van der Waals surface area contributed by atoms with Gasteiger partial charge in [0.25, 0.3) is 5.91 Å². The van der Waals surface area contributed by atoms with E-state index in [1.54, 1.807) is 24.3 Å². The van der Waals surface area contributed by atoms with Gasteiger partial charge in [0.15, 0.2) is 0 Å². The zero-order valence-corrected chi connectivity index (χ0v) is 11.1. The number of carbonyl (C=O) groups is 1. The molecule has 0 bridgehead atoms. The van der Waals surface area contributed by atoms with Crippen molar-refractivity contribution in [3.63, 3.8) is 0 Å². The Labute approximate surface area is 120 Å². The molecule has 0 radical (unpaired) electrons. The number of thiocarbonyl (C=S) groups is 1. The van der Waals surface area contributed by atoms with E-state index in [4.69, 9.17) is 18.0 Å². The van der Waals surface area contributed by atoms with Crippen molar-refractivity contribution in [2.45, 2.75) is 0 Å². The zero-order chi connectivity index (χ0) is 14.7. The molecule has 5 nitrogen and oxygen atoms in total. The lowest BCUT2D eigenvalue weighted by Gasteiger charge is -2.11. The number of aromatic hydroxyl groups is 2. The van der Waals surface area contributed by atoms with Crippen LogP contribution in [-0.4, -0.2) is 21.1 Å². The summed E-state index contributed by atoms with van der Waals surface area (Å²) in [6, 6.07) is 10.8. The van der Waals surface area contributed by atoms with Crippen molar-refractivity contribution in [1.82, 2.24) is 0 Å². The number of para-hydroxylation sites is 1. The largest absolute Gasteiger partial charge is 0.507 e. The molecule has 0 aliphatic rings. The monoisotopic (exact) mass is 288 g/mol. The van der Waals surface area contributed by atoms with E-state index in [0.717, 1.165) is 0 Å². The van der Waals surface area contributed by atoms with E-state index in [9.17, 15) is 15.0 Å².